The molecule has 2 aromatic rings. The van der Waals surface area contributed by atoms with E-state index in [-0.39, 0.29) is 24.5 Å². The molecule has 0 spiro atoms. The zero-order valence-corrected chi connectivity index (χ0v) is 12.8. The Bertz CT molecular complexity index is 695. The first-order valence-electron chi connectivity index (χ1n) is 7.30. The van der Waals surface area contributed by atoms with Crippen LogP contribution >= 0.6 is 0 Å². The molecule has 0 radical (unpaired) electrons. The van der Waals surface area contributed by atoms with Gasteiger partial charge in [-0.05, 0) is 17.7 Å². The molecular weight excluding hydrogens is 292 g/mol. The zero-order chi connectivity index (χ0) is 16.5. The molecule has 0 unspecified atom stereocenters. The van der Waals surface area contributed by atoms with Gasteiger partial charge in [-0.25, -0.2) is 4.79 Å². The van der Waals surface area contributed by atoms with E-state index < -0.39 is 5.97 Å². The molecular formula is C18H18N2O3. The first-order valence-corrected chi connectivity index (χ1v) is 7.30. The number of nitrogens with zero attached hydrogens (tertiary/aromatic N) is 2. The second-order valence-electron chi connectivity index (χ2n) is 4.75. The number of azo groups is 1. The van der Waals surface area contributed by atoms with Crippen molar-refractivity contribution in [2.75, 3.05) is 0 Å². The molecule has 0 aromatic heterocycles. The smallest absolute Gasteiger partial charge is 0.362 e. The van der Waals surface area contributed by atoms with Crippen molar-refractivity contribution < 1.29 is 14.6 Å². The van der Waals surface area contributed by atoms with Gasteiger partial charge in [-0.2, -0.15) is 5.11 Å². The maximum absolute atomic E-state index is 12.1. The monoisotopic (exact) mass is 310 g/mol. The standard InChI is InChI=1S/C18H18N2O3/c1-2-16(21)17(20-19-15-11-7-4-8-12-15)18(22)23-13-14-9-5-3-6-10-14/h3-12,21H,2,13H2,1H3/b17-16-,20-19?. The van der Waals surface area contributed by atoms with Crippen molar-refractivity contribution in [3.05, 3.63) is 77.7 Å². The fourth-order valence-corrected chi connectivity index (χ4v) is 1.78. The van der Waals surface area contributed by atoms with Crippen LogP contribution in [0.4, 0.5) is 5.69 Å². The topological polar surface area (TPSA) is 71.2 Å². The van der Waals surface area contributed by atoms with Crippen LogP contribution in [-0.4, -0.2) is 11.1 Å². The predicted octanol–water partition coefficient (Wildman–Crippen LogP) is 4.69. The number of rotatable bonds is 6. The maximum Gasteiger partial charge on any atom is 0.362 e. The van der Waals surface area contributed by atoms with Crippen molar-refractivity contribution in [3.63, 3.8) is 0 Å². The number of esters is 1. The van der Waals surface area contributed by atoms with Gasteiger partial charge in [0.1, 0.15) is 12.4 Å². The molecule has 0 saturated carbocycles. The predicted molar refractivity (Wildman–Crippen MR) is 87.1 cm³/mol. The lowest BCUT2D eigenvalue weighted by atomic mass is 10.2. The second-order valence-corrected chi connectivity index (χ2v) is 4.75. The average Bonchev–Trinajstić information content (AvgIpc) is 2.61. The molecule has 2 rings (SSSR count). The molecule has 0 bridgehead atoms. The van der Waals surface area contributed by atoms with Crippen LogP contribution in [0.3, 0.4) is 0 Å². The average molecular weight is 310 g/mol. The summed E-state index contributed by atoms with van der Waals surface area (Å²) >= 11 is 0. The third kappa shape index (κ3) is 5.07. The van der Waals surface area contributed by atoms with Crippen LogP contribution in [-0.2, 0) is 16.1 Å². The van der Waals surface area contributed by atoms with E-state index in [0.717, 1.165) is 5.56 Å². The molecule has 0 amide bonds. The van der Waals surface area contributed by atoms with Gasteiger partial charge in [0, 0.05) is 6.42 Å². The molecule has 5 nitrogen and oxygen atoms in total. The van der Waals surface area contributed by atoms with Gasteiger partial charge in [0.2, 0.25) is 5.70 Å². The van der Waals surface area contributed by atoms with Gasteiger partial charge in [0.25, 0.3) is 0 Å². The summed E-state index contributed by atoms with van der Waals surface area (Å²) in [4.78, 5) is 12.1. The largest absolute Gasteiger partial charge is 0.510 e. The number of aliphatic hydroxyl groups is 1. The number of allylic oxidation sites excluding steroid dienone is 1. The molecule has 2 aromatic carbocycles. The third-order valence-corrected chi connectivity index (χ3v) is 3.04. The van der Waals surface area contributed by atoms with E-state index in [0.29, 0.717) is 5.69 Å². The first kappa shape index (κ1) is 16.4. The van der Waals surface area contributed by atoms with Gasteiger partial charge in [0.05, 0.1) is 5.69 Å². The van der Waals surface area contributed by atoms with Crippen molar-refractivity contribution in [3.8, 4) is 0 Å². The highest BCUT2D eigenvalue weighted by Gasteiger charge is 2.16. The van der Waals surface area contributed by atoms with Crippen LogP contribution in [0.1, 0.15) is 18.9 Å². The van der Waals surface area contributed by atoms with Crippen LogP contribution in [0, 0.1) is 0 Å². The molecule has 118 valence electrons. The number of carbonyl (C=O) groups excluding carboxylic acids is 1. The molecule has 0 fully saturated rings. The Morgan fingerprint density at radius 1 is 1.04 bits per heavy atom. The minimum Gasteiger partial charge on any atom is -0.510 e. The van der Waals surface area contributed by atoms with Crippen LogP contribution in [0.2, 0.25) is 0 Å². The van der Waals surface area contributed by atoms with Gasteiger partial charge in [-0.3, -0.25) is 0 Å². The molecule has 23 heavy (non-hydrogen) atoms. The van der Waals surface area contributed by atoms with E-state index in [2.05, 4.69) is 10.2 Å². The highest BCUT2D eigenvalue weighted by Crippen LogP contribution is 2.16. The highest BCUT2D eigenvalue weighted by molar-refractivity contribution is 5.88. The van der Waals surface area contributed by atoms with Crippen molar-refractivity contribution in [2.24, 2.45) is 10.2 Å². The molecule has 0 aliphatic rings. The number of hydrogen-bond acceptors (Lipinski definition) is 5. The van der Waals surface area contributed by atoms with Crippen molar-refractivity contribution >= 4 is 11.7 Å². The molecule has 5 heteroatoms. The molecule has 1 N–H and O–H groups in total. The van der Waals surface area contributed by atoms with Gasteiger partial charge < -0.3 is 9.84 Å². The zero-order valence-electron chi connectivity index (χ0n) is 12.8. The van der Waals surface area contributed by atoms with Crippen molar-refractivity contribution in [2.45, 2.75) is 20.0 Å². The third-order valence-electron chi connectivity index (χ3n) is 3.04. The minimum absolute atomic E-state index is 0.112. The Morgan fingerprint density at radius 2 is 1.65 bits per heavy atom. The number of carbonyl (C=O) groups is 1. The summed E-state index contributed by atoms with van der Waals surface area (Å²) in [5.74, 6) is -0.851. The molecule has 0 aliphatic carbocycles. The first-order chi connectivity index (χ1) is 11.2. The Hall–Kier alpha value is -2.95. The van der Waals surface area contributed by atoms with Crippen LogP contribution in [0.25, 0.3) is 0 Å². The summed E-state index contributed by atoms with van der Waals surface area (Å²) in [5.41, 5.74) is 1.27. The van der Waals surface area contributed by atoms with Crippen LogP contribution in [0.5, 0.6) is 0 Å². The van der Waals surface area contributed by atoms with E-state index >= 15 is 0 Å². The van der Waals surface area contributed by atoms with Gasteiger partial charge in [0.15, 0.2) is 0 Å². The minimum atomic E-state index is -0.701. The SMILES string of the molecule is CC/C(O)=C(/N=Nc1ccccc1)C(=O)OCc1ccccc1. The number of benzene rings is 2. The second kappa shape index (κ2) is 8.48. The van der Waals surface area contributed by atoms with E-state index in [1.54, 1.807) is 19.1 Å². The fraction of sp³-hybridized carbons (Fsp3) is 0.167. The summed E-state index contributed by atoms with van der Waals surface area (Å²) in [6.45, 7) is 1.83. The van der Waals surface area contributed by atoms with E-state index in [1.165, 1.54) is 0 Å². The summed E-state index contributed by atoms with van der Waals surface area (Å²) in [6.07, 6.45) is 0.267. The van der Waals surface area contributed by atoms with Crippen LogP contribution < -0.4 is 0 Å². The Morgan fingerprint density at radius 3 is 2.26 bits per heavy atom. The Balaban J connectivity index is 2.09. The fourth-order valence-electron chi connectivity index (χ4n) is 1.78. The van der Waals surface area contributed by atoms with Gasteiger partial charge >= 0.3 is 5.97 Å². The van der Waals surface area contributed by atoms with Gasteiger partial charge in [-0.1, -0.05) is 55.5 Å². The Labute approximate surface area is 135 Å². The lowest BCUT2D eigenvalue weighted by Gasteiger charge is -2.06. The summed E-state index contributed by atoms with van der Waals surface area (Å²) in [5, 5.41) is 17.7. The highest BCUT2D eigenvalue weighted by atomic mass is 16.5. The molecule has 0 heterocycles. The Kier molecular flexibility index (Phi) is 6.06. The van der Waals surface area contributed by atoms with Crippen molar-refractivity contribution in [1.82, 2.24) is 0 Å². The van der Waals surface area contributed by atoms with Crippen LogP contribution in [0.15, 0.2) is 82.3 Å². The lowest BCUT2D eigenvalue weighted by molar-refractivity contribution is -0.140. The normalized spacial score (nSPS) is 12.0. The number of ether oxygens (including phenoxy) is 1. The van der Waals surface area contributed by atoms with E-state index in [1.807, 2.05) is 48.5 Å². The van der Waals surface area contributed by atoms with E-state index in [4.69, 9.17) is 4.74 Å². The lowest BCUT2D eigenvalue weighted by Crippen LogP contribution is -2.09. The van der Waals surface area contributed by atoms with Crippen molar-refractivity contribution in [1.29, 1.82) is 0 Å². The number of aliphatic hydroxyl groups excluding tert-OH is 1. The molecule has 0 saturated heterocycles. The van der Waals surface area contributed by atoms with E-state index in [9.17, 15) is 9.90 Å². The summed E-state index contributed by atoms with van der Waals surface area (Å²) < 4.78 is 5.19. The summed E-state index contributed by atoms with van der Waals surface area (Å²) in [6, 6.07) is 18.3. The number of hydrogen-bond donors (Lipinski definition) is 1. The summed E-state index contributed by atoms with van der Waals surface area (Å²) in [7, 11) is 0. The quantitative estimate of drug-likeness (QED) is 0.364. The maximum atomic E-state index is 12.1. The molecule has 0 atom stereocenters. The van der Waals surface area contributed by atoms with Gasteiger partial charge in [-0.15, -0.1) is 5.11 Å². The molecule has 0 aliphatic heterocycles.